The minimum Gasteiger partial charge on any atom is -0.330 e. The summed E-state index contributed by atoms with van der Waals surface area (Å²) in [5, 5.41) is 0. The minimum atomic E-state index is 0.679. The van der Waals surface area contributed by atoms with Crippen molar-refractivity contribution < 1.29 is 0 Å². The third-order valence-corrected chi connectivity index (χ3v) is 4.70. The third-order valence-electron chi connectivity index (χ3n) is 4.70. The Kier molecular flexibility index (Phi) is 4.43. The molecule has 0 aromatic carbocycles. The topological polar surface area (TPSA) is 26.0 Å². The van der Waals surface area contributed by atoms with Crippen molar-refractivity contribution in [3.05, 3.63) is 0 Å². The van der Waals surface area contributed by atoms with E-state index in [1.54, 1.807) is 0 Å². The molecule has 1 nitrogen and oxygen atoms in total. The molecule has 5 unspecified atom stereocenters. The Morgan fingerprint density at radius 2 is 1.86 bits per heavy atom. The smallest absolute Gasteiger partial charge is 0.00489 e. The van der Waals surface area contributed by atoms with Crippen LogP contribution in [0.3, 0.4) is 0 Å². The third kappa shape index (κ3) is 2.50. The summed E-state index contributed by atoms with van der Waals surface area (Å²) < 4.78 is 0. The highest BCUT2D eigenvalue weighted by Gasteiger charge is 2.32. The predicted octanol–water partition coefficient (Wildman–Crippen LogP) is 3.29. The van der Waals surface area contributed by atoms with Crippen LogP contribution in [0.5, 0.6) is 0 Å². The van der Waals surface area contributed by atoms with Gasteiger partial charge in [0.25, 0.3) is 0 Å². The summed E-state index contributed by atoms with van der Waals surface area (Å²) in [6.07, 6.45) is 4.34. The zero-order chi connectivity index (χ0) is 10.7. The van der Waals surface area contributed by atoms with Gasteiger partial charge in [-0.2, -0.15) is 0 Å². The van der Waals surface area contributed by atoms with Crippen LogP contribution in [0.2, 0.25) is 0 Å². The van der Waals surface area contributed by atoms with Crippen molar-refractivity contribution in [1.29, 1.82) is 0 Å². The zero-order valence-corrected chi connectivity index (χ0v) is 10.3. The molecule has 0 spiro atoms. The molecule has 0 aromatic rings. The van der Waals surface area contributed by atoms with Crippen LogP contribution >= 0.6 is 0 Å². The molecule has 84 valence electrons. The van der Waals surface area contributed by atoms with E-state index in [2.05, 4.69) is 27.7 Å². The lowest BCUT2D eigenvalue weighted by atomic mass is 9.74. The average Bonchev–Trinajstić information content (AvgIpc) is 2.61. The van der Waals surface area contributed by atoms with E-state index in [-0.39, 0.29) is 0 Å². The van der Waals surface area contributed by atoms with Gasteiger partial charge in [0.2, 0.25) is 0 Å². The Balaban J connectivity index is 2.50. The first-order valence-corrected chi connectivity index (χ1v) is 6.28. The molecule has 1 aliphatic rings. The van der Waals surface area contributed by atoms with Crippen molar-refractivity contribution in [3.63, 3.8) is 0 Å². The Labute approximate surface area is 89.5 Å². The van der Waals surface area contributed by atoms with E-state index in [0.29, 0.717) is 5.92 Å². The summed E-state index contributed by atoms with van der Waals surface area (Å²) in [7, 11) is 0. The molecular weight excluding hydrogens is 170 g/mol. The lowest BCUT2D eigenvalue weighted by Gasteiger charge is -2.32. The molecule has 1 heteroatoms. The highest BCUT2D eigenvalue weighted by Crippen LogP contribution is 2.40. The molecule has 0 saturated heterocycles. The van der Waals surface area contributed by atoms with Gasteiger partial charge in [-0.25, -0.2) is 0 Å². The SMILES string of the molecule is CC(CN)C(C)C(C)C1CCCC1C. The van der Waals surface area contributed by atoms with Crippen molar-refractivity contribution >= 4 is 0 Å². The van der Waals surface area contributed by atoms with Gasteiger partial charge in [0.05, 0.1) is 0 Å². The van der Waals surface area contributed by atoms with Gasteiger partial charge in [0, 0.05) is 0 Å². The summed E-state index contributed by atoms with van der Waals surface area (Å²) in [5.41, 5.74) is 5.74. The summed E-state index contributed by atoms with van der Waals surface area (Å²) >= 11 is 0. The highest BCUT2D eigenvalue weighted by atomic mass is 14.6. The maximum absolute atomic E-state index is 5.74. The van der Waals surface area contributed by atoms with E-state index in [1.807, 2.05) is 0 Å². The van der Waals surface area contributed by atoms with Gasteiger partial charge in [-0.3, -0.25) is 0 Å². The number of nitrogens with two attached hydrogens (primary N) is 1. The van der Waals surface area contributed by atoms with Crippen LogP contribution in [-0.2, 0) is 0 Å². The van der Waals surface area contributed by atoms with E-state index >= 15 is 0 Å². The van der Waals surface area contributed by atoms with Crippen LogP contribution in [0.25, 0.3) is 0 Å². The Morgan fingerprint density at radius 1 is 1.21 bits per heavy atom. The van der Waals surface area contributed by atoms with Crippen LogP contribution in [0.1, 0.15) is 47.0 Å². The van der Waals surface area contributed by atoms with Gasteiger partial charge in [-0.15, -0.1) is 0 Å². The van der Waals surface area contributed by atoms with E-state index in [4.69, 9.17) is 5.73 Å². The van der Waals surface area contributed by atoms with Gasteiger partial charge >= 0.3 is 0 Å². The maximum atomic E-state index is 5.74. The van der Waals surface area contributed by atoms with Gasteiger partial charge in [-0.05, 0) is 42.6 Å². The number of rotatable bonds is 4. The molecule has 0 bridgehead atoms. The minimum absolute atomic E-state index is 0.679. The van der Waals surface area contributed by atoms with E-state index in [1.165, 1.54) is 19.3 Å². The van der Waals surface area contributed by atoms with Gasteiger partial charge in [0.15, 0.2) is 0 Å². The fourth-order valence-electron chi connectivity index (χ4n) is 3.08. The second-order valence-corrected chi connectivity index (χ2v) is 5.50. The fraction of sp³-hybridized carbons (Fsp3) is 1.00. The molecule has 0 amide bonds. The van der Waals surface area contributed by atoms with E-state index in [9.17, 15) is 0 Å². The van der Waals surface area contributed by atoms with Crippen LogP contribution in [0, 0.1) is 29.6 Å². The van der Waals surface area contributed by atoms with Crippen LogP contribution in [0.15, 0.2) is 0 Å². The van der Waals surface area contributed by atoms with Crippen molar-refractivity contribution in [2.45, 2.75) is 47.0 Å². The highest BCUT2D eigenvalue weighted by molar-refractivity contribution is 4.82. The van der Waals surface area contributed by atoms with Crippen molar-refractivity contribution in [2.75, 3.05) is 6.54 Å². The first-order valence-electron chi connectivity index (χ1n) is 6.28. The molecular formula is C13H27N. The zero-order valence-electron chi connectivity index (χ0n) is 10.3. The van der Waals surface area contributed by atoms with Gasteiger partial charge in [-0.1, -0.05) is 40.5 Å². The largest absolute Gasteiger partial charge is 0.330 e. The van der Waals surface area contributed by atoms with Gasteiger partial charge in [0.1, 0.15) is 0 Å². The first kappa shape index (κ1) is 12.0. The summed E-state index contributed by atoms with van der Waals surface area (Å²) in [4.78, 5) is 0. The van der Waals surface area contributed by atoms with E-state index in [0.717, 1.165) is 30.2 Å². The molecule has 0 heterocycles. The summed E-state index contributed by atoms with van der Waals surface area (Å²) in [5.74, 6) is 4.21. The summed E-state index contributed by atoms with van der Waals surface area (Å²) in [6.45, 7) is 10.4. The molecule has 1 saturated carbocycles. The number of hydrogen-bond donors (Lipinski definition) is 1. The standard InChI is InChI=1S/C13H27N/c1-9-6-5-7-13(9)12(4)11(3)10(2)8-14/h9-13H,5-8,14H2,1-4H3. The maximum Gasteiger partial charge on any atom is -0.00489 e. The molecule has 1 aliphatic carbocycles. The quantitative estimate of drug-likeness (QED) is 0.735. The second kappa shape index (κ2) is 5.16. The first-order chi connectivity index (χ1) is 6.57. The molecule has 14 heavy (non-hydrogen) atoms. The number of hydrogen-bond acceptors (Lipinski definition) is 1. The van der Waals surface area contributed by atoms with Crippen LogP contribution in [0.4, 0.5) is 0 Å². The Morgan fingerprint density at radius 3 is 2.29 bits per heavy atom. The monoisotopic (exact) mass is 197 g/mol. The molecule has 0 radical (unpaired) electrons. The molecule has 0 aliphatic heterocycles. The molecule has 5 atom stereocenters. The molecule has 2 N–H and O–H groups in total. The van der Waals surface area contributed by atoms with Crippen molar-refractivity contribution in [3.8, 4) is 0 Å². The normalized spacial score (nSPS) is 34.1. The predicted molar refractivity (Wildman–Crippen MR) is 63.1 cm³/mol. The van der Waals surface area contributed by atoms with Crippen LogP contribution in [-0.4, -0.2) is 6.54 Å². The van der Waals surface area contributed by atoms with E-state index < -0.39 is 0 Å². The van der Waals surface area contributed by atoms with Crippen molar-refractivity contribution in [1.82, 2.24) is 0 Å². The molecule has 0 aromatic heterocycles. The lowest BCUT2D eigenvalue weighted by molar-refractivity contribution is 0.177. The molecule has 1 fully saturated rings. The van der Waals surface area contributed by atoms with Gasteiger partial charge < -0.3 is 5.73 Å². The Hall–Kier alpha value is -0.0400. The van der Waals surface area contributed by atoms with Crippen molar-refractivity contribution in [2.24, 2.45) is 35.3 Å². The lowest BCUT2D eigenvalue weighted by Crippen LogP contribution is -2.29. The second-order valence-electron chi connectivity index (χ2n) is 5.50. The Bertz CT molecular complexity index is 167. The average molecular weight is 197 g/mol. The van der Waals surface area contributed by atoms with Crippen LogP contribution < -0.4 is 5.73 Å². The fourth-order valence-corrected chi connectivity index (χ4v) is 3.08. The molecule has 1 rings (SSSR count). The summed E-state index contributed by atoms with van der Waals surface area (Å²) in [6, 6.07) is 0.